The van der Waals surface area contributed by atoms with Gasteiger partial charge in [-0.3, -0.25) is 4.98 Å². The van der Waals surface area contributed by atoms with Gasteiger partial charge in [0.25, 0.3) is 0 Å². The predicted molar refractivity (Wildman–Crippen MR) is 82.7 cm³/mol. The second-order valence-electron chi connectivity index (χ2n) is 4.46. The Morgan fingerprint density at radius 2 is 1.80 bits per heavy atom. The minimum absolute atomic E-state index is 0.661. The van der Waals surface area contributed by atoms with E-state index in [-0.39, 0.29) is 0 Å². The van der Waals surface area contributed by atoms with Crippen molar-refractivity contribution in [1.29, 1.82) is 0 Å². The maximum Gasteiger partial charge on any atom is 0.0723 e. The van der Waals surface area contributed by atoms with Gasteiger partial charge in [-0.15, -0.1) is 0 Å². The molecule has 1 aromatic heterocycles. The largest absolute Gasteiger partial charge is 0.383 e. The number of ether oxygens (including phenoxy) is 2. The zero-order chi connectivity index (χ0) is 14.4. The third kappa shape index (κ3) is 3.60. The summed E-state index contributed by atoms with van der Waals surface area (Å²) in [6.07, 6.45) is 1.82. The smallest absolute Gasteiger partial charge is 0.0723 e. The van der Waals surface area contributed by atoms with E-state index in [0.717, 1.165) is 29.7 Å². The van der Waals surface area contributed by atoms with Gasteiger partial charge in [0, 0.05) is 49.6 Å². The lowest BCUT2D eigenvalue weighted by atomic mass is 10.1. The summed E-state index contributed by atoms with van der Waals surface area (Å²) >= 11 is 6.11. The minimum atomic E-state index is 0.661. The van der Waals surface area contributed by atoms with Crippen molar-refractivity contribution in [2.75, 3.05) is 45.4 Å². The van der Waals surface area contributed by atoms with Crippen LogP contribution in [0.1, 0.15) is 0 Å². The molecule has 0 spiro atoms. The molecule has 20 heavy (non-hydrogen) atoms. The first-order chi connectivity index (χ1) is 9.76. The number of anilines is 1. The fraction of sp³-hybridized carbons (Fsp3) is 0.400. The Morgan fingerprint density at radius 3 is 2.45 bits per heavy atom. The molecule has 0 N–H and O–H groups in total. The molecule has 0 saturated carbocycles. The van der Waals surface area contributed by atoms with Gasteiger partial charge < -0.3 is 14.4 Å². The van der Waals surface area contributed by atoms with Gasteiger partial charge in [-0.25, -0.2) is 0 Å². The molecule has 0 bridgehead atoms. The standard InChI is InChI=1S/C15H19ClN2O2/c1-19-9-7-18(8-10-20-2)15-5-6-17-14-4-3-12(16)11-13(14)15/h3-6,11H,7-10H2,1-2H3. The third-order valence-electron chi connectivity index (χ3n) is 3.15. The average molecular weight is 295 g/mol. The van der Waals surface area contributed by atoms with Crippen molar-refractivity contribution in [3.8, 4) is 0 Å². The van der Waals surface area contributed by atoms with Gasteiger partial charge in [0.15, 0.2) is 0 Å². The zero-order valence-corrected chi connectivity index (χ0v) is 12.6. The van der Waals surface area contributed by atoms with Crippen molar-refractivity contribution >= 4 is 28.2 Å². The van der Waals surface area contributed by atoms with Crippen LogP contribution in [0.2, 0.25) is 5.02 Å². The lowest BCUT2D eigenvalue weighted by molar-refractivity contribution is 0.190. The number of halogens is 1. The maximum atomic E-state index is 6.11. The van der Waals surface area contributed by atoms with E-state index in [9.17, 15) is 0 Å². The quantitative estimate of drug-likeness (QED) is 0.786. The molecule has 0 aliphatic carbocycles. The Kier molecular flexibility index (Phi) is 5.59. The summed E-state index contributed by atoms with van der Waals surface area (Å²) in [7, 11) is 3.41. The summed E-state index contributed by atoms with van der Waals surface area (Å²) < 4.78 is 10.4. The molecule has 2 aromatic rings. The Morgan fingerprint density at radius 1 is 1.10 bits per heavy atom. The van der Waals surface area contributed by atoms with Gasteiger partial charge in [0.2, 0.25) is 0 Å². The molecule has 0 unspecified atom stereocenters. The van der Waals surface area contributed by atoms with E-state index in [1.165, 1.54) is 0 Å². The summed E-state index contributed by atoms with van der Waals surface area (Å²) in [6.45, 7) is 2.92. The summed E-state index contributed by atoms with van der Waals surface area (Å²) in [5.74, 6) is 0. The molecule has 0 radical (unpaired) electrons. The molecule has 108 valence electrons. The van der Waals surface area contributed by atoms with Crippen LogP contribution < -0.4 is 4.90 Å². The van der Waals surface area contributed by atoms with E-state index in [1.807, 2.05) is 30.5 Å². The fourth-order valence-electron chi connectivity index (χ4n) is 2.14. The van der Waals surface area contributed by atoms with Crippen molar-refractivity contribution in [2.24, 2.45) is 0 Å². The molecule has 2 rings (SSSR count). The van der Waals surface area contributed by atoms with Gasteiger partial charge in [0.1, 0.15) is 0 Å². The van der Waals surface area contributed by atoms with Gasteiger partial charge in [-0.1, -0.05) is 11.6 Å². The molecule has 5 heteroatoms. The van der Waals surface area contributed by atoms with E-state index in [4.69, 9.17) is 21.1 Å². The van der Waals surface area contributed by atoms with Crippen LogP contribution in [0.15, 0.2) is 30.5 Å². The van der Waals surface area contributed by atoms with Crippen molar-refractivity contribution in [3.63, 3.8) is 0 Å². The maximum absolute atomic E-state index is 6.11. The van der Waals surface area contributed by atoms with Crippen LogP contribution in [-0.4, -0.2) is 45.5 Å². The summed E-state index contributed by atoms with van der Waals surface area (Å²) in [5.41, 5.74) is 2.04. The number of hydrogen-bond acceptors (Lipinski definition) is 4. The van der Waals surface area contributed by atoms with Crippen LogP contribution in [0.25, 0.3) is 10.9 Å². The normalized spacial score (nSPS) is 10.9. The number of aromatic nitrogens is 1. The van der Waals surface area contributed by atoms with Crippen LogP contribution in [0.3, 0.4) is 0 Å². The third-order valence-corrected chi connectivity index (χ3v) is 3.39. The Balaban J connectivity index is 2.37. The summed E-state index contributed by atoms with van der Waals surface area (Å²) in [4.78, 5) is 6.61. The summed E-state index contributed by atoms with van der Waals surface area (Å²) in [6, 6.07) is 7.75. The Bertz CT molecular complexity index is 555. The monoisotopic (exact) mass is 294 g/mol. The first kappa shape index (κ1) is 15.0. The lowest BCUT2D eigenvalue weighted by Crippen LogP contribution is -2.30. The number of pyridine rings is 1. The highest BCUT2D eigenvalue weighted by atomic mass is 35.5. The minimum Gasteiger partial charge on any atom is -0.383 e. The topological polar surface area (TPSA) is 34.6 Å². The number of fused-ring (bicyclic) bond motifs is 1. The number of benzene rings is 1. The molecule has 0 saturated heterocycles. The van der Waals surface area contributed by atoms with E-state index < -0.39 is 0 Å². The Hall–Kier alpha value is -1.36. The molecule has 4 nitrogen and oxygen atoms in total. The van der Waals surface area contributed by atoms with Crippen molar-refractivity contribution < 1.29 is 9.47 Å². The average Bonchev–Trinajstić information content (AvgIpc) is 2.47. The van der Waals surface area contributed by atoms with Crippen LogP contribution in [0, 0.1) is 0 Å². The molecule has 0 amide bonds. The second-order valence-corrected chi connectivity index (χ2v) is 4.90. The highest BCUT2D eigenvalue weighted by Gasteiger charge is 2.11. The first-order valence-corrected chi connectivity index (χ1v) is 6.91. The SMILES string of the molecule is COCCN(CCOC)c1ccnc2ccc(Cl)cc12. The highest BCUT2D eigenvalue weighted by molar-refractivity contribution is 6.31. The van der Waals surface area contributed by atoms with Gasteiger partial charge >= 0.3 is 0 Å². The molecule has 0 atom stereocenters. The Labute approximate surface area is 124 Å². The van der Waals surface area contributed by atoms with Crippen molar-refractivity contribution in [2.45, 2.75) is 0 Å². The van der Waals surface area contributed by atoms with Gasteiger partial charge in [0.05, 0.1) is 18.7 Å². The molecule has 0 fully saturated rings. The van der Waals surface area contributed by atoms with Crippen molar-refractivity contribution in [3.05, 3.63) is 35.5 Å². The molecular formula is C15H19ClN2O2. The number of methoxy groups -OCH3 is 2. The van der Waals surface area contributed by atoms with Crippen LogP contribution in [0.4, 0.5) is 5.69 Å². The number of nitrogens with zero attached hydrogens (tertiary/aromatic N) is 2. The molecule has 1 aromatic carbocycles. The van der Waals surface area contributed by atoms with Gasteiger partial charge in [-0.2, -0.15) is 0 Å². The van der Waals surface area contributed by atoms with E-state index in [0.29, 0.717) is 18.2 Å². The highest BCUT2D eigenvalue weighted by Crippen LogP contribution is 2.27. The van der Waals surface area contributed by atoms with E-state index in [1.54, 1.807) is 14.2 Å². The molecular weight excluding hydrogens is 276 g/mol. The van der Waals surface area contributed by atoms with Gasteiger partial charge in [-0.05, 0) is 24.3 Å². The van der Waals surface area contributed by atoms with Crippen molar-refractivity contribution in [1.82, 2.24) is 4.98 Å². The van der Waals surface area contributed by atoms with Crippen LogP contribution >= 0.6 is 11.6 Å². The van der Waals surface area contributed by atoms with E-state index in [2.05, 4.69) is 9.88 Å². The number of hydrogen-bond donors (Lipinski definition) is 0. The fourth-order valence-corrected chi connectivity index (χ4v) is 2.31. The van der Waals surface area contributed by atoms with Crippen LogP contribution in [-0.2, 0) is 9.47 Å². The lowest BCUT2D eigenvalue weighted by Gasteiger charge is -2.25. The molecule has 1 heterocycles. The van der Waals surface area contributed by atoms with Crippen LogP contribution in [0.5, 0.6) is 0 Å². The first-order valence-electron chi connectivity index (χ1n) is 6.53. The second kappa shape index (κ2) is 7.43. The summed E-state index contributed by atoms with van der Waals surface area (Å²) in [5, 5.41) is 1.76. The number of rotatable bonds is 7. The molecule has 0 aliphatic rings. The predicted octanol–water partition coefficient (Wildman–Crippen LogP) is 2.99. The molecule has 0 aliphatic heterocycles. The van der Waals surface area contributed by atoms with E-state index >= 15 is 0 Å². The zero-order valence-electron chi connectivity index (χ0n) is 11.8.